The fourth-order valence-corrected chi connectivity index (χ4v) is 1.93. The predicted octanol–water partition coefficient (Wildman–Crippen LogP) is 1.70. The van der Waals surface area contributed by atoms with Crippen molar-refractivity contribution in [3.63, 3.8) is 0 Å². The van der Waals surface area contributed by atoms with Gasteiger partial charge in [-0.05, 0) is 33.6 Å². The molecular formula is C13H26IN3O2S. The molecule has 1 aliphatic rings. The first-order valence-corrected chi connectivity index (χ1v) is 8.55. The Labute approximate surface area is 139 Å². The highest BCUT2D eigenvalue weighted by molar-refractivity contribution is 14.0. The zero-order valence-electron chi connectivity index (χ0n) is 12.6. The van der Waals surface area contributed by atoms with E-state index in [2.05, 4.69) is 27.8 Å². The van der Waals surface area contributed by atoms with Gasteiger partial charge in [0.15, 0.2) is 15.8 Å². The van der Waals surface area contributed by atoms with Gasteiger partial charge >= 0.3 is 0 Å². The molecule has 0 amide bonds. The highest BCUT2D eigenvalue weighted by Gasteiger charge is 2.30. The molecule has 0 bridgehead atoms. The quantitative estimate of drug-likeness (QED) is 0.311. The molecule has 0 saturated heterocycles. The third-order valence-corrected chi connectivity index (χ3v) is 5.45. The van der Waals surface area contributed by atoms with Gasteiger partial charge in [0.1, 0.15) is 0 Å². The summed E-state index contributed by atoms with van der Waals surface area (Å²) < 4.78 is 22.5. The lowest BCUT2D eigenvalue weighted by Crippen LogP contribution is -2.44. The molecule has 1 rings (SSSR count). The van der Waals surface area contributed by atoms with Crippen molar-refractivity contribution < 1.29 is 8.42 Å². The second kappa shape index (κ2) is 8.21. The highest BCUT2D eigenvalue weighted by atomic mass is 127. The smallest absolute Gasteiger partial charge is 0.191 e. The molecule has 5 nitrogen and oxygen atoms in total. The first-order chi connectivity index (χ1) is 8.76. The summed E-state index contributed by atoms with van der Waals surface area (Å²) in [5, 5.41) is 6.47. The Hall–Kier alpha value is -0.310. The van der Waals surface area contributed by atoms with Gasteiger partial charge in [-0.2, -0.15) is 0 Å². The van der Waals surface area contributed by atoms with Crippen LogP contribution in [0.15, 0.2) is 17.1 Å². The van der Waals surface area contributed by atoms with Gasteiger partial charge < -0.3 is 10.6 Å². The summed E-state index contributed by atoms with van der Waals surface area (Å²) in [5.74, 6) is 0.688. The normalized spacial score (nSPS) is 16.9. The van der Waals surface area contributed by atoms with Crippen LogP contribution < -0.4 is 10.6 Å². The largest absolute Gasteiger partial charge is 0.357 e. The molecule has 0 aliphatic heterocycles. The Balaban J connectivity index is 0.00000361. The molecule has 7 heteroatoms. The Morgan fingerprint density at radius 2 is 1.90 bits per heavy atom. The van der Waals surface area contributed by atoms with Gasteiger partial charge in [0.05, 0.1) is 11.3 Å². The van der Waals surface area contributed by atoms with Crippen molar-refractivity contribution in [3.8, 4) is 0 Å². The Bertz CT molecular complexity index is 450. The fourth-order valence-electron chi connectivity index (χ4n) is 1.64. The second-order valence-electron chi connectivity index (χ2n) is 5.51. The summed E-state index contributed by atoms with van der Waals surface area (Å²) in [6, 6.07) is 0.360. The van der Waals surface area contributed by atoms with E-state index in [1.54, 1.807) is 13.8 Å². The number of nitrogens with zero attached hydrogens (tertiary/aromatic N) is 1. The van der Waals surface area contributed by atoms with Crippen LogP contribution in [0, 0.1) is 0 Å². The van der Waals surface area contributed by atoms with Crippen LogP contribution in [-0.4, -0.2) is 44.5 Å². The van der Waals surface area contributed by atoms with Crippen molar-refractivity contribution in [2.75, 3.05) is 19.3 Å². The maximum Gasteiger partial charge on any atom is 0.191 e. The number of hydrogen-bond donors (Lipinski definition) is 2. The maximum atomic E-state index is 11.6. The number of halogens is 1. The number of rotatable bonds is 5. The Morgan fingerprint density at radius 1 is 1.35 bits per heavy atom. The third-order valence-electron chi connectivity index (χ3n) is 3.31. The second-order valence-corrected chi connectivity index (χ2v) is 8.16. The van der Waals surface area contributed by atoms with Crippen LogP contribution in [0.1, 0.15) is 33.6 Å². The minimum absolute atomic E-state index is 0. The SMILES string of the molecule is CCNC(=NCC(C)(C)S(C)(=O)=O)NC1CC=CC1.I. The lowest BCUT2D eigenvalue weighted by atomic mass is 10.2. The van der Waals surface area contributed by atoms with E-state index in [1.807, 2.05) is 6.92 Å². The van der Waals surface area contributed by atoms with Crippen LogP contribution >= 0.6 is 24.0 Å². The standard InChI is InChI=1S/C13H25N3O2S.HI/c1-5-14-12(16-11-8-6-7-9-11)15-10-13(2,3)19(4,17)18;/h6-7,11H,5,8-10H2,1-4H3,(H2,14,15,16);1H. The summed E-state index contributed by atoms with van der Waals surface area (Å²) in [4.78, 5) is 4.40. The van der Waals surface area contributed by atoms with Gasteiger partial charge in [-0.15, -0.1) is 24.0 Å². The monoisotopic (exact) mass is 415 g/mol. The first kappa shape index (κ1) is 19.7. The summed E-state index contributed by atoms with van der Waals surface area (Å²) in [5.41, 5.74) is 0. The molecule has 0 unspecified atom stereocenters. The topological polar surface area (TPSA) is 70.6 Å². The average molecular weight is 415 g/mol. The zero-order valence-corrected chi connectivity index (χ0v) is 15.8. The molecule has 0 aromatic heterocycles. The van der Waals surface area contributed by atoms with Crippen LogP contribution in [0.3, 0.4) is 0 Å². The van der Waals surface area contributed by atoms with Crippen LogP contribution in [0.2, 0.25) is 0 Å². The lowest BCUT2D eigenvalue weighted by Gasteiger charge is -2.22. The third kappa shape index (κ3) is 5.99. The van der Waals surface area contributed by atoms with Crippen LogP contribution in [0.5, 0.6) is 0 Å². The van der Waals surface area contributed by atoms with E-state index in [9.17, 15) is 8.42 Å². The van der Waals surface area contributed by atoms with Crippen molar-refractivity contribution in [1.82, 2.24) is 10.6 Å². The van der Waals surface area contributed by atoms with Gasteiger partial charge in [-0.25, -0.2) is 8.42 Å². The van der Waals surface area contributed by atoms with Crippen molar-refractivity contribution in [2.24, 2.45) is 4.99 Å². The number of hydrogen-bond acceptors (Lipinski definition) is 3. The maximum absolute atomic E-state index is 11.6. The van der Waals surface area contributed by atoms with Crippen LogP contribution in [0.4, 0.5) is 0 Å². The van der Waals surface area contributed by atoms with Gasteiger partial charge in [0.25, 0.3) is 0 Å². The summed E-state index contributed by atoms with van der Waals surface area (Å²) in [6.45, 7) is 6.40. The molecule has 2 N–H and O–H groups in total. The number of guanidine groups is 1. The summed E-state index contributed by atoms with van der Waals surface area (Å²) in [6.07, 6.45) is 7.51. The molecule has 1 aliphatic carbocycles. The Kier molecular flexibility index (Phi) is 8.08. The molecule has 0 radical (unpaired) electrons. The van der Waals surface area contributed by atoms with E-state index in [1.165, 1.54) is 6.26 Å². The van der Waals surface area contributed by atoms with Gasteiger partial charge in [0.2, 0.25) is 0 Å². The van der Waals surface area contributed by atoms with Crippen LogP contribution in [0.25, 0.3) is 0 Å². The van der Waals surface area contributed by atoms with Gasteiger partial charge in [-0.3, -0.25) is 4.99 Å². The molecule has 20 heavy (non-hydrogen) atoms. The van der Waals surface area contributed by atoms with E-state index in [4.69, 9.17) is 0 Å². The lowest BCUT2D eigenvalue weighted by molar-refractivity contribution is 0.553. The molecule has 0 saturated carbocycles. The van der Waals surface area contributed by atoms with Crippen molar-refractivity contribution >= 4 is 39.8 Å². The number of nitrogens with one attached hydrogen (secondary N) is 2. The van der Waals surface area contributed by atoms with E-state index < -0.39 is 14.6 Å². The zero-order chi connectivity index (χ0) is 14.5. The molecule has 0 aromatic carbocycles. The molecular weight excluding hydrogens is 389 g/mol. The van der Waals surface area contributed by atoms with Crippen molar-refractivity contribution in [3.05, 3.63) is 12.2 Å². The van der Waals surface area contributed by atoms with E-state index in [0.29, 0.717) is 12.0 Å². The number of sulfone groups is 1. The van der Waals surface area contributed by atoms with E-state index in [0.717, 1.165) is 19.4 Å². The number of aliphatic imine (C=N–C) groups is 1. The highest BCUT2D eigenvalue weighted by Crippen LogP contribution is 2.15. The molecule has 0 aromatic rings. The van der Waals surface area contributed by atoms with Gasteiger partial charge in [0, 0.05) is 18.8 Å². The Morgan fingerprint density at radius 3 is 2.35 bits per heavy atom. The summed E-state index contributed by atoms with van der Waals surface area (Å²) in [7, 11) is -3.12. The molecule has 0 fully saturated rings. The van der Waals surface area contributed by atoms with E-state index in [-0.39, 0.29) is 30.5 Å². The molecule has 0 atom stereocenters. The molecule has 0 spiro atoms. The summed E-state index contributed by atoms with van der Waals surface area (Å²) >= 11 is 0. The predicted molar refractivity (Wildman–Crippen MR) is 95.6 cm³/mol. The first-order valence-electron chi connectivity index (χ1n) is 6.65. The van der Waals surface area contributed by atoms with Crippen molar-refractivity contribution in [1.29, 1.82) is 0 Å². The molecule has 0 heterocycles. The van der Waals surface area contributed by atoms with Crippen LogP contribution in [-0.2, 0) is 9.84 Å². The fraction of sp³-hybridized carbons (Fsp3) is 0.769. The minimum Gasteiger partial charge on any atom is -0.357 e. The van der Waals surface area contributed by atoms with Gasteiger partial charge in [-0.1, -0.05) is 12.2 Å². The molecule has 118 valence electrons. The average Bonchev–Trinajstić information content (AvgIpc) is 2.77. The van der Waals surface area contributed by atoms with Crippen molar-refractivity contribution in [2.45, 2.75) is 44.4 Å². The van der Waals surface area contributed by atoms with E-state index >= 15 is 0 Å². The minimum atomic E-state index is -3.12.